The van der Waals surface area contributed by atoms with E-state index in [1.165, 1.54) is 0 Å². The molecule has 164 valence electrons. The molecule has 0 saturated carbocycles. The number of nitrogen functional groups attached to an aromatic ring is 2. The summed E-state index contributed by atoms with van der Waals surface area (Å²) in [4.78, 5) is 0. The summed E-state index contributed by atoms with van der Waals surface area (Å²) in [5, 5.41) is 17.0. The fourth-order valence-corrected chi connectivity index (χ4v) is 3.55. The van der Waals surface area contributed by atoms with Crippen LogP contribution in [0.1, 0.15) is 41.9 Å². The summed E-state index contributed by atoms with van der Waals surface area (Å²) in [7, 11) is 0. The number of nitrogens with one attached hydrogen (secondary N) is 2. The molecule has 0 aliphatic heterocycles. The molecule has 2 aromatic heterocycles. The molecule has 4 rings (SSSR count). The quantitative estimate of drug-likeness (QED) is 0.156. The first-order valence-corrected chi connectivity index (χ1v) is 9.73. The SMILES string of the molecule is Cl.Cl.N=C(N)c1ccc2oc(CCCCCc3cc4cc(C(=N)N)ccc4o3)cc2c1. The standard InChI is InChI=1S/C23H24N4O2.2ClH/c24-22(25)14-6-8-20-16(10-14)12-18(28-20)4-2-1-3-5-19-13-17-11-15(23(26)27)7-9-21(17)29-19;;/h6-13H,1-5H2,(H3,24,25)(H3,26,27);2*1H. The van der Waals surface area contributed by atoms with Gasteiger partial charge in [-0.1, -0.05) is 6.42 Å². The Hall–Kier alpha value is -2.96. The van der Waals surface area contributed by atoms with Gasteiger partial charge in [0.1, 0.15) is 34.4 Å². The number of aryl methyl sites for hydroxylation is 2. The average Bonchev–Trinajstić information content (AvgIpc) is 3.29. The summed E-state index contributed by atoms with van der Waals surface area (Å²) in [6.45, 7) is 0. The maximum atomic E-state index is 7.53. The Kier molecular flexibility index (Phi) is 8.14. The van der Waals surface area contributed by atoms with E-state index >= 15 is 0 Å². The van der Waals surface area contributed by atoms with E-state index in [0.717, 1.165) is 65.6 Å². The van der Waals surface area contributed by atoms with Crippen LogP contribution in [0.15, 0.2) is 57.4 Å². The third kappa shape index (κ3) is 5.60. The first-order chi connectivity index (χ1) is 14.0. The molecule has 0 radical (unpaired) electrons. The number of amidine groups is 2. The minimum Gasteiger partial charge on any atom is -0.461 e. The summed E-state index contributed by atoms with van der Waals surface area (Å²) >= 11 is 0. The zero-order chi connectivity index (χ0) is 20.4. The molecule has 6 N–H and O–H groups in total. The maximum Gasteiger partial charge on any atom is 0.134 e. The molecule has 2 heterocycles. The molecule has 0 fully saturated rings. The number of unbranched alkanes of at least 4 members (excludes halogenated alkanes) is 2. The van der Waals surface area contributed by atoms with Gasteiger partial charge in [-0.15, -0.1) is 24.8 Å². The van der Waals surface area contributed by atoms with Crippen molar-refractivity contribution in [3.63, 3.8) is 0 Å². The number of nitrogens with two attached hydrogens (primary N) is 2. The van der Waals surface area contributed by atoms with Crippen molar-refractivity contribution in [3.8, 4) is 0 Å². The Bertz CT molecular complexity index is 1120. The molecular formula is C23H26Cl2N4O2. The van der Waals surface area contributed by atoms with Gasteiger partial charge in [-0.2, -0.15) is 0 Å². The Balaban J connectivity index is 0.00000171. The predicted molar refractivity (Wildman–Crippen MR) is 130 cm³/mol. The van der Waals surface area contributed by atoms with E-state index in [1.807, 2.05) is 48.5 Å². The predicted octanol–water partition coefficient (Wildman–Crippen LogP) is 5.55. The molecular weight excluding hydrogens is 435 g/mol. The minimum atomic E-state index is 0. The summed E-state index contributed by atoms with van der Waals surface area (Å²) in [5.41, 5.74) is 14.2. The fourth-order valence-electron chi connectivity index (χ4n) is 3.55. The van der Waals surface area contributed by atoms with Crippen molar-refractivity contribution in [2.45, 2.75) is 32.1 Å². The highest BCUT2D eigenvalue weighted by molar-refractivity contribution is 5.99. The van der Waals surface area contributed by atoms with Crippen molar-refractivity contribution in [2.75, 3.05) is 0 Å². The summed E-state index contributed by atoms with van der Waals surface area (Å²) in [5.74, 6) is 2.05. The highest BCUT2D eigenvalue weighted by atomic mass is 35.5. The van der Waals surface area contributed by atoms with Crippen LogP contribution in [0.25, 0.3) is 21.9 Å². The van der Waals surface area contributed by atoms with Crippen molar-refractivity contribution in [1.82, 2.24) is 0 Å². The van der Waals surface area contributed by atoms with E-state index in [2.05, 4.69) is 0 Å². The lowest BCUT2D eigenvalue weighted by molar-refractivity contribution is 0.509. The topological polar surface area (TPSA) is 126 Å². The third-order valence-corrected chi connectivity index (χ3v) is 5.10. The van der Waals surface area contributed by atoms with Gasteiger partial charge in [0.25, 0.3) is 0 Å². The van der Waals surface area contributed by atoms with E-state index in [4.69, 9.17) is 31.1 Å². The molecule has 8 heteroatoms. The summed E-state index contributed by atoms with van der Waals surface area (Å²) in [6.07, 6.45) is 4.91. The Labute approximate surface area is 192 Å². The second-order valence-corrected chi connectivity index (χ2v) is 7.32. The van der Waals surface area contributed by atoms with Gasteiger partial charge in [0.15, 0.2) is 0 Å². The van der Waals surface area contributed by atoms with Gasteiger partial charge in [-0.25, -0.2) is 0 Å². The van der Waals surface area contributed by atoms with Crippen LogP contribution in [0, 0.1) is 10.8 Å². The highest BCUT2D eigenvalue weighted by Crippen LogP contribution is 2.24. The van der Waals surface area contributed by atoms with E-state index in [9.17, 15) is 0 Å². The first kappa shape index (κ1) is 24.3. The molecule has 0 unspecified atom stereocenters. The number of rotatable bonds is 8. The molecule has 0 bridgehead atoms. The second-order valence-electron chi connectivity index (χ2n) is 7.32. The van der Waals surface area contributed by atoms with Gasteiger partial charge in [-0.3, -0.25) is 10.8 Å². The van der Waals surface area contributed by atoms with Crippen LogP contribution in [0.3, 0.4) is 0 Å². The van der Waals surface area contributed by atoms with Crippen molar-refractivity contribution in [2.24, 2.45) is 11.5 Å². The molecule has 2 aromatic carbocycles. The molecule has 4 aromatic rings. The monoisotopic (exact) mass is 460 g/mol. The first-order valence-electron chi connectivity index (χ1n) is 9.73. The molecule has 0 aliphatic carbocycles. The van der Waals surface area contributed by atoms with Gasteiger partial charge in [0.2, 0.25) is 0 Å². The lowest BCUT2D eigenvalue weighted by Crippen LogP contribution is -2.10. The van der Waals surface area contributed by atoms with Crippen LogP contribution >= 0.6 is 24.8 Å². The van der Waals surface area contributed by atoms with E-state index in [0.29, 0.717) is 11.1 Å². The number of halogens is 2. The number of hydrogen-bond donors (Lipinski definition) is 4. The van der Waals surface area contributed by atoms with Crippen molar-refractivity contribution in [3.05, 3.63) is 71.2 Å². The maximum absolute atomic E-state index is 7.53. The van der Waals surface area contributed by atoms with Gasteiger partial charge in [0.05, 0.1) is 0 Å². The van der Waals surface area contributed by atoms with E-state index < -0.39 is 0 Å². The van der Waals surface area contributed by atoms with Crippen LogP contribution < -0.4 is 11.5 Å². The molecule has 0 amide bonds. The van der Waals surface area contributed by atoms with Gasteiger partial charge in [0, 0.05) is 34.7 Å². The lowest BCUT2D eigenvalue weighted by Gasteiger charge is -1.98. The molecule has 0 atom stereocenters. The van der Waals surface area contributed by atoms with Crippen molar-refractivity contribution in [1.29, 1.82) is 10.8 Å². The number of hydrogen-bond acceptors (Lipinski definition) is 4. The molecule has 0 spiro atoms. The zero-order valence-electron chi connectivity index (χ0n) is 16.9. The van der Waals surface area contributed by atoms with Crippen LogP contribution in [-0.4, -0.2) is 11.7 Å². The van der Waals surface area contributed by atoms with Crippen molar-refractivity contribution >= 4 is 58.4 Å². The largest absolute Gasteiger partial charge is 0.461 e. The Morgan fingerprint density at radius 3 is 1.45 bits per heavy atom. The number of fused-ring (bicyclic) bond motifs is 2. The van der Waals surface area contributed by atoms with Gasteiger partial charge < -0.3 is 20.3 Å². The van der Waals surface area contributed by atoms with Crippen LogP contribution in [0.5, 0.6) is 0 Å². The van der Waals surface area contributed by atoms with E-state index in [-0.39, 0.29) is 36.5 Å². The molecule has 0 aliphatic rings. The number of benzene rings is 2. The zero-order valence-corrected chi connectivity index (χ0v) is 18.6. The Morgan fingerprint density at radius 1 is 0.645 bits per heavy atom. The highest BCUT2D eigenvalue weighted by Gasteiger charge is 2.08. The molecule has 0 saturated heterocycles. The average molecular weight is 461 g/mol. The lowest BCUT2D eigenvalue weighted by atomic mass is 10.1. The van der Waals surface area contributed by atoms with Gasteiger partial charge in [-0.05, 0) is 61.4 Å². The van der Waals surface area contributed by atoms with Gasteiger partial charge >= 0.3 is 0 Å². The van der Waals surface area contributed by atoms with E-state index in [1.54, 1.807) is 0 Å². The molecule has 31 heavy (non-hydrogen) atoms. The molecule has 6 nitrogen and oxygen atoms in total. The smallest absolute Gasteiger partial charge is 0.134 e. The third-order valence-electron chi connectivity index (χ3n) is 5.10. The minimum absolute atomic E-state index is 0. The number of furan rings is 2. The van der Waals surface area contributed by atoms with Crippen LogP contribution in [0.2, 0.25) is 0 Å². The Morgan fingerprint density at radius 2 is 1.06 bits per heavy atom. The van der Waals surface area contributed by atoms with Crippen LogP contribution in [0.4, 0.5) is 0 Å². The summed E-state index contributed by atoms with van der Waals surface area (Å²) in [6, 6.07) is 15.2. The second kappa shape index (κ2) is 10.4. The fraction of sp³-hybridized carbons (Fsp3) is 0.217. The normalized spacial score (nSPS) is 10.6. The van der Waals surface area contributed by atoms with Crippen molar-refractivity contribution < 1.29 is 8.83 Å². The van der Waals surface area contributed by atoms with Crippen LogP contribution in [-0.2, 0) is 12.8 Å². The summed E-state index contributed by atoms with van der Waals surface area (Å²) < 4.78 is 11.8.